The number of carbonyl (C=O) groups excluding carboxylic acids is 5. The Hall–Kier alpha value is -4.50. The smallest absolute Gasteiger partial charge is 0.355 e. The molecule has 0 saturated carbocycles. The molecule has 2 aromatic rings. The molecular formula is C26H23N3O10S2. The zero-order valence-electron chi connectivity index (χ0n) is 21.7. The second-order valence-electron chi connectivity index (χ2n) is 8.72. The van der Waals surface area contributed by atoms with Crippen LogP contribution >= 0.6 is 23.1 Å². The number of ether oxygens (including phenoxy) is 3. The first kappa shape index (κ1) is 29.5. The quantitative estimate of drug-likeness (QED) is 0.106. The summed E-state index contributed by atoms with van der Waals surface area (Å²) in [5.41, 5.74) is 0.117. The summed E-state index contributed by atoms with van der Waals surface area (Å²) in [6.07, 6.45) is 1.15. The summed E-state index contributed by atoms with van der Waals surface area (Å²) in [4.78, 5) is 75.0. The SMILES string of the molecule is CC(=O)OC=C1S[C@@H]2C(NC(=O)Cc3cccs3)C(=O)N2C(C(=O)OCc2ccc([N+](=O)[O-])cc2)=C1COC(C)=O. The van der Waals surface area contributed by atoms with E-state index in [1.54, 1.807) is 12.1 Å². The number of nitro groups is 1. The number of thiophene rings is 1. The van der Waals surface area contributed by atoms with E-state index in [2.05, 4.69) is 5.32 Å². The largest absolute Gasteiger partial charge is 0.461 e. The molecule has 0 bridgehead atoms. The third-order valence-corrected chi connectivity index (χ3v) is 8.01. The number of thioether (sulfide) groups is 1. The molecule has 4 rings (SSSR count). The highest BCUT2D eigenvalue weighted by molar-refractivity contribution is 8.04. The number of rotatable bonds is 10. The van der Waals surface area contributed by atoms with Crippen molar-refractivity contribution in [1.29, 1.82) is 0 Å². The number of benzene rings is 1. The van der Waals surface area contributed by atoms with Crippen molar-refractivity contribution in [3.63, 3.8) is 0 Å². The van der Waals surface area contributed by atoms with Crippen molar-refractivity contribution < 1.29 is 43.1 Å². The number of amides is 2. The van der Waals surface area contributed by atoms with Crippen molar-refractivity contribution >= 4 is 58.5 Å². The lowest BCUT2D eigenvalue weighted by Crippen LogP contribution is -2.70. The highest BCUT2D eigenvalue weighted by atomic mass is 32.2. The van der Waals surface area contributed by atoms with Gasteiger partial charge in [0.2, 0.25) is 5.91 Å². The number of hydrogen-bond donors (Lipinski definition) is 1. The molecule has 2 atom stereocenters. The molecule has 1 aromatic heterocycles. The maximum absolute atomic E-state index is 13.4. The summed E-state index contributed by atoms with van der Waals surface area (Å²) in [5.74, 6) is -3.25. The summed E-state index contributed by atoms with van der Waals surface area (Å²) >= 11 is 2.43. The molecule has 1 aromatic carbocycles. The monoisotopic (exact) mass is 601 g/mol. The van der Waals surface area contributed by atoms with Crippen molar-refractivity contribution in [3.8, 4) is 0 Å². The molecule has 1 N–H and O–H groups in total. The number of nitro benzene ring substituents is 1. The second kappa shape index (κ2) is 12.8. The van der Waals surface area contributed by atoms with Gasteiger partial charge in [-0.2, -0.15) is 0 Å². The van der Waals surface area contributed by atoms with Gasteiger partial charge in [0.25, 0.3) is 11.6 Å². The summed E-state index contributed by atoms with van der Waals surface area (Å²) in [6.45, 7) is 1.61. The Morgan fingerprint density at radius 1 is 1.07 bits per heavy atom. The molecule has 15 heteroatoms. The van der Waals surface area contributed by atoms with E-state index < -0.39 is 52.7 Å². The lowest BCUT2D eigenvalue weighted by molar-refractivity contribution is -0.384. The van der Waals surface area contributed by atoms with E-state index in [9.17, 15) is 34.1 Å². The topological polar surface area (TPSA) is 171 Å². The number of nitrogens with zero attached hydrogens (tertiary/aromatic N) is 2. The second-order valence-corrected chi connectivity index (χ2v) is 10.9. The van der Waals surface area contributed by atoms with Gasteiger partial charge in [-0.05, 0) is 29.1 Å². The molecule has 2 aliphatic heterocycles. The molecule has 1 saturated heterocycles. The maximum Gasteiger partial charge on any atom is 0.355 e. The molecule has 2 amide bonds. The lowest BCUT2D eigenvalue weighted by Gasteiger charge is -2.50. The Kier molecular flexibility index (Phi) is 9.19. The Balaban J connectivity index is 1.62. The minimum absolute atomic E-state index is 0.0622. The number of carbonyl (C=O) groups is 5. The fourth-order valence-corrected chi connectivity index (χ4v) is 5.92. The van der Waals surface area contributed by atoms with E-state index >= 15 is 0 Å². The fraction of sp³-hybridized carbons (Fsp3) is 0.269. The average Bonchev–Trinajstić information content (AvgIpc) is 3.44. The average molecular weight is 602 g/mol. The van der Waals surface area contributed by atoms with Gasteiger partial charge in [-0.15, -0.1) is 11.3 Å². The van der Waals surface area contributed by atoms with E-state index in [4.69, 9.17) is 14.2 Å². The Morgan fingerprint density at radius 2 is 1.80 bits per heavy atom. The first-order chi connectivity index (χ1) is 19.5. The molecule has 0 aliphatic carbocycles. The number of nitrogens with one attached hydrogen (secondary N) is 1. The van der Waals surface area contributed by atoms with Crippen LogP contribution in [0.1, 0.15) is 24.3 Å². The standard InChI is InChI=1S/C26H23N3O10S2/c1-14(30)37-12-19-20(13-38-15(2)31)41-25-22(27-21(32)10-18-4-3-9-40-18)24(33)28(25)23(19)26(34)39-11-16-5-7-17(8-6-16)29(35)36/h3-9,13,22,25H,10-12H2,1-2H3,(H,27,32)/t22?,25-/m1/s1. The number of esters is 3. The molecule has 41 heavy (non-hydrogen) atoms. The zero-order valence-corrected chi connectivity index (χ0v) is 23.3. The van der Waals surface area contributed by atoms with Gasteiger partial charge < -0.3 is 19.5 Å². The van der Waals surface area contributed by atoms with Crippen LogP contribution in [0, 0.1) is 10.1 Å². The van der Waals surface area contributed by atoms with Crippen LogP contribution in [0.5, 0.6) is 0 Å². The number of β-lactam (4-membered cyclic amide) rings is 1. The zero-order chi connectivity index (χ0) is 29.7. The van der Waals surface area contributed by atoms with Gasteiger partial charge in [-0.1, -0.05) is 17.8 Å². The molecule has 0 radical (unpaired) electrons. The third kappa shape index (κ3) is 6.99. The Labute approximate surface area is 241 Å². The van der Waals surface area contributed by atoms with Crippen molar-refractivity contribution in [3.05, 3.63) is 84.8 Å². The van der Waals surface area contributed by atoms with Gasteiger partial charge in [0, 0.05) is 36.4 Å². The molecule has 1 fully saturated rings. The van der Waals surface area contributed by atoms with E-state index in [0.717, 1.165) is 34.7 Å². The highest BCUT2D eigenvalue weighted by Gasteiger charge is 2.56. The minimum atomic E-state index is -0.999. The van der Waals surface area contributed by atoms with Crippen LogP contribution in [0.4, 0.5) is 5.69 Å². The predicted molar refractivity (Wildman–Crippen MR) is 145 cm³/mol. The van der Waals surface area contributed by atoms with Crippen LogP contribution in [-0.2, 0) is 51.2 Å². The lowest BCUT2D eigenvalue weighted by atomic mass is 10.0. The van der Waals surface area contributed by atoms with E-state index in [1.165, 1.54) is 42.5 Å². The first-order valence-corrected chi connectivity index (χ1v) is 13.8. The summed E-state index contributed by atoms with van der Waals surface area (Å²) in [5, 5.41) is 14.6. The normalized spacial score (nSPS) is 18.7. The van der Waals surface area contributed by atoms with Crippen LogP contribution in [0.2, 0.25) is 0 Å². The first-order valence-electron chi connectivity index (χ1n) is 12.0. The van der Waals surface area contributed by atoms with Crippen molar-refractivity contribution in [2.45, 2.75) is 38.3 Å². The summed E-state index contributed by atoms with van der Waals surface area (Å²) in [6, 6.07) is 7.93. The summed E-state index contributed by atoms with van der Waals surface area (Å²) < 4.78 is 15.6. The van der Waals surface area contributed by atoms with Crippen LogP contribution in [0.25, 0.3) is 0 Å². The van der Waals surface area contributed by atoms with Gasteiger partial charge in [-0.25, -0.2) is 4.79 Å². The molecule has 1 unspecified atom stereocenters. The summed E-state index contributed by atoms with van der Waals surface area (Å²) in [7, 11) is 0. The number of non-ortho nitro benzene ring substituents is 1. The van der Waals surface area contributed by atoms with E-state index in [0.29, 0.717) is 5.56 Å². The third-order valence-electron chi connectivity index (χ3n) is 5.81. The Bertz CT molecular complexity index is 1450. The maximum atomic E-state index is 13.4. The fourth-order valence-electron chi connectivity index (χ4n) is 3.92. The molecule has 3 heterocycles. The van der Waals surface area contributed by atoms with Gasteiger partial charge in [-0.3, -0.25) is 34.2 Å². The van der Waals surface area contributed by atoms with E-state index in [1.807, 2.05) is 5.38 Å². The van der Waals surface area contributed by atoms with Gasteiger partial charge in [0.05, 0.1) is 16.2 Å². The predicted octanol–water partition coefficient (Wildman–Crippen LogP) is 2.56. The molecule has 13 nitrogen and oxygen atoms in total. The molecule has 214 valence electrons. The molecule has 0 spiro atoms. The minimum Gasteiger partial charge on any atom is -0.461 e. The number of hydrogen-bond acceptors (Lipinski definition) is 12. The van der Waals surface area contributed by atoms with Gasteiger partial charge in [0.15, 0.2) is 0 Å². The van der Waals surface area contributed by atoms with Crippen LogP contribution in [-0.4, -0.2) is 57.6 Å². The van der Waals surface area contributed by atoms with Gasteiger partial charge in [0.1, 0.15) is 36.6 Å². The van der Waals surface area contributed by atoms with Crippen molar-refractivity contribution in [2.75, 3.05) is 6.61 Å². The van der Waals surface area contributed by atoms with Crippen molar-refractivity contribution in [2.24, 2.45) is 0 Å². The van der Waals surface area contributed by atoms with Crippen LogP contribution < -0.4 is 5.32 Å². The highest BCUT2D eigenvalue weighted by Crippen LogP contribution is 2.47. The molecular weight excluding hydrogens is 578 g/mol. The van der Waals surface area contributed by atoms with Crippen LogP contribution in [0.15, 0.2) is 64.2 Å². The molecule has 2 aliphatic rings. The van der Waals surface area contributed by atoms with Gasteiger partial charge >= 0.3 is 17.9 Å². The van der Waals surface area contributed by atoms with E-state index in [-0.39, 0.29) is 34.9 Å². The Morgan fingerprint density at radius 3 is 2.41 bits per heavy atom. The van der Waals surface area contributed by atoms with Crippen molar-refractivity contribution in [1.82, 2.24) is 10.2 Å². The van der Waals surface area contributed by atoms with Crippen LogP contribution in [0.3, 0.4) is 0 Å². The number of fused-ring (bicyclic) bond motifs is 1.